The van der Waals surface area contributed by atoms with Gasteiger partial charge in [-0.2, -0.15) is 5.26 Å². The first-order chi connectivity index (χ1) is 25.4. The largest absolute Gasteiger partial charge is 2.00 e. The number of nitrogens with zero attached hydrogens (tertiary/aromatic N) is 1. The number of rotatable bonds is 9. The summed E-state index contributed by atoms with van der Waals surface area (Å²) in [4.78, 5) is 32.8. The third kappa shape index (κ3) is 26.9. The van der Waals surface area contributed by atoms with Crippen LogP contribution in [-0.2, 0) is 28.6 Å². The second-order valence-corrected chi connectivity index (χ2v) is 18.2. The third-order valence-corrected chi connectivity index (χ3v) is 11.8. The molecule has 11 heteroatoms. The van der Waals surface area contributed by atoms with Crippen molar-refractivity contribution in [2.45, 2.75) is 172 Å². The summed E-state index contributed by atoms with van der Waals surface area (Å²) >= 11 is 4.87. The summed E-state index contributed by atoms with van der Waals surface area (Å²) in [5.41, 5.74) is 0.0289. The molecule has 4 fully saturated rings. The molecule has 1 aliphatic heterocycles. The van der Waals surface area contributed by atoms with Crippen molar-refractivity contribution in [1.29, 1.82) is 5.26 Å². The van der Waals surface area contributed by atoms with Crippen LogP contribution in [0, 0.1) is 72.0 Å². The maximum Gasteiger partial charge on any atom is 2.00 e. The van der Waals surface area contributed by atoms with Gasteiger partial charge in [0.1, 0.15) is 5.60 Å². The van der Waals surface area contributed by atoms with E-state index >= 15 is 0 Å². The number of esters is 2. The molecule has 1 saturated heterocycles. The van der Waals surface area contributed by atoms with Crippen molar-refractivity contribution < 1.29 is 46.1 Å². The molecule has 1 heterocycles. The fourth-order valence-corrected chi connectivity index (χ4v) is 8.46. The van der Waals surface area contributed by atoms with Crippen molar-refractivity contribution in [3.05, 3.63) is 31.7 Å². The fraction of sp³-hybridized carbons (Fsp3) is 0.809. The Balaban J connectivity index is -0.000000206. The zero-order valence-electron chi connectivity index (χ0n) is 39.6. The van der Waals surface area contributed by atoms with Crippen LogP contribution in [0.3, 0.4) is 0 Å². The van der Waals surface area contributed by atoms with Crippen LogP contribution in [0.25, 0.3) is 0 Å². The zero-order chi connectivity index (χ0) is 43.1. The number of carbonyl (C=O) groups is 3. The van der Waals surface area contributed by atoms with Gasteiger partial charge in [0, 0.05) is 37.2 Å². The van der Waals surface area contributed by atoms with E-state index in [-0.39, 0.29) is 66.3 Å². The molecule has 0 bridgehead atoms. The normalized spacial score (nSPS) is 22.9. The smallest absolute Gasteiger partial charge is 1.00 e. The predicted octanol–water partition coefficient (Wildman–Crippen LogP) is 8.75. The van der Waals surface area contributed by atoms with Gasteiger partial charge in [-0.25, -0.2) is 4.79 Å². The Morgan fingerprint density at radius 1 is 0.759 bits per heavy atom. The van der Waals surface area contributed by atoms with Crippen LogP contribution in [0.15, 0.2) is 24.3 Å². The Morgan fingerprint density at radius 2 is 1.12 bits per heavy atom. The molecule has 0 amide bonds. The quantitative estimate of drug-likeness (QED) is 0.0803. The maximum absolute atomic E-state index is 11.7. The van der Waals surface area contributed by atoms with E-state index in [4.69, 9.17) is 31.1 Å². The van der Waals surface area contributed by atoms with Crippen molar-refractivity contribution in [2.24, 2.45) is 53.3 Å². The van der Waals surface area contributed by atoms with Gasteiger partial charge in [0.25, 0.3) is 0 Å². The first kappa shape index (κ1) is 66.0. The summed E-state index contributed by atoms with van der Waals surface area (Å²) in [6, 6.07) is 1.75. The average Bonchev–Trinajstić information content (AvgIpc) is 3.92. The first-order valence-electron chi connectivity index (χ1n) is 20.8. The molecule has 58 heavy (non-hydrogen) atoms. The molecule has 336 valence electrons. The van der Waals surface area contributed by atoms with Crippen LogP contribution in [-0.4, -0.2) is 76.9 Å². The van der Waals surface area contributed by atoms with Gasteiger partial charge >= 0.3 is 35.0 Å². The Bertz CT molecular complexity index is 1170. The molecule has 6 atom stereocenters. The summed E-state index contributed by atoms with van der Waals surface area (Å²) in [7, 11) is 1.48. The van der Waals surface area contributed by atoms with Crippen molar-refractivity contribution in [3.63, 3.8) is 0 Å². The molecule has 0 aromatic heterocycles. The van der Waals surface area contributed by atoms with E-state index in [1.807, 2.05) is 27.7 Å². The third-order valence-electron chi connectivity index (χ3n) is 11.4. The number of methoxy groups -OCH3 is 1. The Morgan fingerprint density at radius 3 is 1.41 bits per heavy atom. The van der Waals surface area contributed by atoms with E-state index in [2.05, 4.69) is 54.7 Å². The van der Waals surface area contributed by atoms with Crippen molar-refractivity contribution >= 4 is 51.8 Å². The van der Waals surface area contributed by atoms with Gasteiger partial charge in [0.15, 0.2) is 0 Å². The molecule has 8 nitrogen and oxygen atoms in total. The van der Waals surface area contributed by atoms with E-state index in [1.54, 1.807) is 19.9 Å². The fourth-order valence-electron chi connectivity index (χ4n) is 8.46. The van der Waals surface area contributed by atoms with Gasteiger partial charge < -0.3 is 39.2 Å². The molecule has 0 spiro atoms. The minimum Gasteiger partial charge on any atom is -1.00 e. The molecule has 0 aromatic rings. The number of carbonyl (C=O) groups excluding carboxylic acids is 3. The van der Waals surface area contributed by atoms with E-state index in [0.29, 0.717) is 46.7 Å². The van der Waals surface area contributed by atoms with Gasteiger partial charge in [-0.3, -0.25) is 9.59 Å². The number of ether oxygens (including phenoxy) is 3. The van der Waals surface area contributed by atoms with Crippen molar-refractivity contribution in [3.8, 4) is 6.07 Å². The van der Waals surface area contributed by atoms with Crippen LogP contribution >= 0.6 is 11.6 Å². The molecule has 3 saturated carbocycles. The Kier molecular flexibility index (Phi) is 39.2. The second-order valence-electron chi connectivity index (χ2n) is 17.9. The number of hydrogen-bond acceptors (Lipinski definition) is 8. The number of halogens is 2. The van der Waals surface area contributed by atoms with E-state index in [9.17, 15) is 19.5 Å². The van der Waals surface area contributed by atoms with Crippen LogP contribution in [0.4, 0.5) is 0 Å². The number of aliphatic hydroxyl groups is 1. The molecule has 1 N–H and O–H groups in total. The molecule has 4 aliphatic rings. The predicted molar refractivity (Wildman–Crippen MR) is 239 cm³/mol. The van der Waals surface area contributed by atoms with E-state index in [1.165, 1.54) is 78.2 Å². The average molecular weight is 871 g/mol. The van der Waals surface area contributed by atoms with Crippen LogP contribution in [0.1, 0.15) is 161 Å². The van der Waals surface area contributed by atoms with Crippen LogP contribution in [0.2, 0.25) is 0 Å². The standard InChI is InChI=1S/C15H26O2.C11H22O.C10H18O2.C4H5ClO.C4H8O.C2H3N.CH3.ClH.Mg/c1-10(2)12-8-7-9-13(12)15(5,6)17-14(16)11(3)4;1-8(2)9-6-5-7-10(9)11(3,4)12;1-7(2)8-5-4-6-9(8)10(11)12-3;1-3(2)4(5)6;1-2-4-5-3-1;1-2-3;;;/h10,12-13H,3,7-9H2,1-2,4-6H3;8-10,12H,5-7H2,1-4H3;7-9H,4-6H2,1-3H3;1H2,2H3;1-4H2;1H3;1H3;1H;/q;;;;;;-1;;+2/p-1. The first-order valence-corrected chi connectivity index (χ1v) is 21.2. The summed E-state index contributed by atoms with van der Waals surface area (Å²) in [5, 5.41) is 16.8. The minimum atomic E-state index is -0.467. The molecular formula is C47H85Cl2MgNO7. The molecule has 0 radical (unpaired) electrons. The summed E-state index contributed by atoms with van der Waals surface area (Å²) in [6.45, 7) is 35.1. The Labute approximate surface area is 384 Å². The van der Waals surface area contributed by atoms with Crippen molar-refractivity contribution in [1.82, 2.24) is 0 Å². The van der Waals surface area contributed by atoms with Gasteiger partial charge in [-0.05, 0) is 146 Å². The van der Waals surface area contributed by atoms with Crippen LogP contribution in [0.5, 0.6) is 0 Å². The minimum absolute atomic E-state index is 0. The molecule has 3 aliphatic carbocycles. The Hall–Kier alpha value is -1.15. The summed E-state index contributed by atoms with van der Waals surface area (Å²) < 4.78 is 15.3. The summed E-state index contributed by atoms with van der Waals surface area (Å²) in [6.07, 6.45) is 13.5. The number of nitriles is 1. The number of allylic oxidation sites excluding steroid dienone is 1. The SMILES string of the molecule is C1CCOC1.C=C(C)C(=O)Cl.C=C(C)C(=O)OC(C)(C)C1CCCC1C(C)C.CC#N.CC(C)C1CCCC1C(C)(C)O.COC(=O)C1CCCC1C(C)C.[CH3-].[Cl-].[Mg+2]. The number of hydrogen-bond donors (Lipinski definition) is 1. The molecule has 4 rings (SSSR count). The topological polar surface area (TPSA) is 123 Å². The van der Waals surface area contributed by atoms with Gasteiger partial charge in [-0.15, -0.1) is 0 Å². The zero-order valence-corrected chi connectivity index (χ0v) is 42.5. The van der Waals surface area contributed by atoms with Gasteiger partial charge in [0.2, 0.25) is 5.24 Å². The van der Waals surface area contributed by atoms with E-state index in [0.717, 1.165) is 31.5 Å². The van der Waals surface area contributed by atoms with Crippen LogP contribution < -0.4 is 12.4 Å². The summed E-state index contributed by atoms with van der Waals surface area (Å²) in [5.74, 6) is 4.87. The maximum atomic E-state index is 11.7. The molecule has 0 aromatic carbocycles. The molecular weight excluding hydrogens is 786 g/mol. The second kappa shape index (κ2) is 34.4. The van der Waals surface area contributed by atoms with E-state index < -0.39 is 10.8 Å². The monoisotopic (exact) mass is 870 g/mol. The van der Waals surface area contributed by atoms with Crippen molar-refractivity contribution in [2.75, 3.05) is 20.3 Å². The van der Waals surface area contributed by atoms with Gasteiger partial charge in [-0.1, -0.05) is 74.0 Å². The molecule has 6 unspecified atom stereocenters. The van der Waals surface area contributed by atoms with Gasteiger partial charge in [0.05, 0.1) is 24.7 Å².